The molecule has 0 fully saturated rings. The fourth-order valence-electron chi connectivity index (χ4n) is 1.69. The molecular weight excluding hydrogens is 276 g/mol. The van der Waals surface area contributed by atoms with Crippen LogP contribution in [0.2, 0.25) is 5.02 Å². The number of amides is 1. The lowest BCUT2D eigenvalue weighted by molar-refractivity contribution is -0.123. The molecule has 0 saturated carbocycles. The predicted octanol–water partition coefficient (Wildman–Crippen LogP) is 2.74. The molecule has 0 spiro atoms. The number of unbranched alkanes of at least 4 members (excludes halogenated alkanes) is 1. The minimum atomic E-state index is -0.0946. The number of carbonyl (C=O) groups excluding carboxylic acids is 1. The van der Waals surface area contributed by atoms with Crippen LogP contribution in [-0.2, 0) is 11.3 Å². The number of halogens is 1. The molecule has 1 rings (SSSR count). The molecule has 0 aromatic heterocycles. The molecule has 0 unspecified atom stereocenters. The van der Waals surface area contributed by atoms with E-state index in [1.54, 1.807) is 12.1 Å². The number of hydrogen-bond acceptors (Lipinski definition) is 3. The molecule has 0 atom stereocenters. The zero-order chi connectivity index (χ0) is 14.8. The van der Waals surface area contributed by atoms with Crippen molar-refractivity contribution >= 4 is 17.5 Å². The summed E-state index contributed by atoms with van der Waals surface area (Å²) >= 11 is 5.98. The second-order valence-corrected chi connectivity index (χ2v) is 4.96. The predicted molar refractivity (Wildman–Crippen MR) is 82.2 cm³/mol. The summed E-state index contributed by atoms with van der Waals surface area (Å²) in [5.41, 5.74) is 0.959. The van der Waals surface area contributed by atoms with Crippen LogP contribution >= 0.6 is 11.6 Å². The Kier molecular flexibility index (Phi) is 8.07. The fourth-order valence-corrected chi connectivity index (χ4v) is 1.88. The highest BCUT2D eigenvalue weighted by Gasteiger charge is 2.07. The van der Waals surface area contributed by atoms with E-state index >= 15 is 0 Å². The summed E-state index contributed by atoms with van der Waals surface area (Å²) in [5.74, 6) is 0.601. The van der Waals surface area contributed by atoms with Gasteiger partial charge in [0, 0.05) is 23.7 Å². The Hall–Kier alpha value is -1.26. The van der Waals surface area contributed by atoms with Crippen molar-refractivity contribution in [2.24, 2.45) is 0 Å². The molecule has 5 heteroatoms. The summed E-state index contributed by atoms with van der Waals surface area (Å²) in [5, 5.41) is 6.71. The van der Waals surface area contributed by atoms with E-state index in [0.29, 0.717) is 23.9 Å². The second-order valence-electron chi connectivity index (χ2n) is 4.52. The molecule has 112 valence electrons. The molecule has 1 aromatic carbocycles. The lowest BCUT2D eigenvalue weighted by Crippen LogP contribution is -2.29. The van der Waals surface area contributed by atoms with E-state index in [4.69, 9.17) is 16.3 Å². The Balaban J connectivity index is 2.51. The first-order chi connectivity index (χ1) is 9.67. The Labute approximate surface area is 125 Å². The highest BCUT2D eigenvalue weighted by Crippen LogP contribution is 2.22. The third-order valence-corrected chi connectivity index (χ3v) is 3.03. The van der Waals surface area contributed by atoms with Gasteiger partial charge in [-0.05, 0) is 31.2 Å². The van der Waals surface area contributed by atoms with Gasteiger partial charge in [-0.25, -0.2) is 0 Å². The van der Waals surface area contributed by atoms with Crippen molar-refractivity contribution in [3.8, 4) is 5.75 Å². The van der Waals surface area contributed by atoms with Gasteiger partial charge in [0.15, 0.2) is 6.61 Å². The van der Waals surface area contributed by atoms with Gasteiger partial charge in [0.2, 0.25) is 0 Å². The van der Waals surface area contributed by atoms with E-state index in [2.05, 4.69) is 17.6 Å². The van der Waals surface area contributed by atoms with Gasteiger partial charge in [0.05, 0.1) is 0 Å². The van der Waals surface area contributed by atoms with Crippen LogP contribution in [-0.4, -0.2) is 25.6 Å². The molecule has 0 saturated heterocycles. The van der Waals surface area contributed by atoms with Crippen molar-refractivity contribution in [1.29, 1.82) is 0 Å². The van der Waals surface area contributed by atoms with E-state index in [1.807, 2.05) is 13.0 Å². The maximum atomic E-state index is 11.6. The van der Waals surface area contributed by atoms with E-state index in [1.165, 1.54) is 0 Å². The number of carbonyl (C=O) groups is 1. The molecular formula is C15H23ClN2O2. The largest absolute Gasteiger partial charge is 0.483 e. The van der Waals surface area contributed by atoms with Crippen LogP contribution < -0.4 is 15.4 Å². The monoisotopic (exact) mass is 298 g/mol. The maximum absolute atomic E-state index is 11.6. The van der Waals surface area contributed by atoms with Crippen molar-refractivity contribution < 1.29 is 9.53 Å². The first kappa shape index (κ1) is 16.8. The van der Waals surface area contributed by atoms with Crippen molar-refractivity contribution in [1.82, 2.24) is 10.6 Å². The first-order valence-electron chi connectivity index (χ1n) is 7.06. The third-order valence-electron chi connectivity index (χ3n) is 2.80. The van der Waals surface area contributed by atoms with Crippen LogP contribution in [0.5, 0.6) is 5.75 Å². The summed E-state index contributed by atoms with van der Waals surface area (Å²) in [6.07, 6.45) is 2.05. The summed E-state index contributed by atoms with van der Waals surface area (Å²) in [6, 6.07) is 5.42. The number of ether oxygens (including phenoxy) is 1. The van der Waals surface area contributed by atoms with Gasteiger partial charge in [-0.15, -0.1) is 0 Å². The lowest BCUT2D eigenvalue weighted by Gasteiger charge is -2.12. The molecule has 0 aliphatic heterocycles. The molecule has 20 heavy (non-hydrogen) atoms. The summed E-state index contributed by atoms with van der Waals surface area (Å²) in [4.78, 5) is 11.6. The molecule has 0 bridgehead atoms. The highest BCUT2D eigenvalue weighted by atomic mass is 35.5. The Bertz CT molecular complexity index is 424. The number of nitrogens with one attached hydrogen (secondary N) is 2. The zero-order valence-corrected chi connectivity index (χ0v) is 12.9. The van der Waals surface area contributed by atoms with Gasteiger partial charge in [-0.2, -0.15) is 0 Å². The van der Waals surface area contributed by atoms with Gasteiger partial charge in [-0.3, -0.25) is 4.79 Å². The Morgan fingerprint density at radius 1 is 1.35 bits per heavy atom. The zero-order valence-electron chi connectivity index (χ0n) is 12.2. The third kappa shape index (κ3) is 6.26. The SMILES string of the molecule is CCCCNC(=O)COc1ccc(Cl)cc1CNCC. The van der Waals surface area contributed by atoms with Crippen LogP contribution in [0.4, 0.5) is 0 Å². The van der Waals surface area contributed by atoms with E-state index in [9.17, 15) is 4.79 Å². The fraction of sp³-hybridized carbons (Fsp3) is 0.533. The maximum Gasteiger partial charge on any atom is 0.257 e. The lowest BCUT2D eigenvalue weighted by atomic mass is 10.2. The molecule has 0 aliphatic carbocycles. The van der Waals surface area contributed by atoms with Crippen molar-refractivity contribution in [3.63, 3.8) is 0 Å². The van der Waals surface area contributed by atoms with Gasteiger partial charge >= 0.3 is 0 Å². The second kappa shape index (κ2) is 9.61. The molecule has 1 aromatic rings. The number of hydrogen-bond donors (Lipinski definition) is 2. The van der Waals surface area contributed by atoms with Crippen LogP contribution in [0, 0.1) is 0 Å². The van der Waals surface area contributed by atoms with E-state index in [0.717, 1.165) is 24.9 Å². The van der Waals surface area contributed by atoms with Crippen molar-refractivity contribution in [2.45, 2.75) is 33.2 Å². The van der Waals surface area contributed by atoms with Crippen LogP contribution in [0.15, 0.2) is 18.2 Å². The topological polar surface area (TPSA) is 50.4 Å². The van der Waals surface area contributed by atoms with Gasteiger partial charge in [-0.1, -0.05) is 31.9 Å². The van der Waals surface area contributed by atoms with Crippen molar-refractivity contribution in [2.75, 3.05) is 19.7 Å². The van der Waals surface area contributed by atoms with Gasteiger partial charge in [0.25, 0.3) is 5.91 Å². The molecule has 0 heterocycles. The molecule has 0 aliphatic rings. The first-order valence-corrected chi connectivity index (χ1v) is 7.43. The average molecular weight is 299 g/mol. The van der Waals surface area contributed by atoms with Crippen molar-refractivity contribution in [3.05, 3.63) is 28.8 Å². The number of rotatable bonds is 9. The molecule has 0 radical (unpaired) electrons. The standard InChI is InChI=1S/C15H23ClN2O2/c1-3-5-8-18-15(19)11-20-14-7-6-13(16)9-12(14)10-17-4-2/h6-7,9,17H,3-5,8,10-11H2,1-2H3,(H,18,19). The Morgan fingerprint density at radius 3 is 2.85 bits per heavy atom. The highest BCUT2D eigenvalue weighted by molar-refractivity contribution is 6.30. The summed E-state index contributed by atoms with van der Waals surface area (Å²) in [7, 11) is 0. The van der Waals surface area contributed by atoms with Crippen LogP contribution in [0.3, 0.4) is 0 Å². The quantitative estimate of drug-likeness (QED) is 0.689. The normalized spacial score (nSPS) is 10.3. The summed E-state index contributed by atoms with van der Waals surface area (Å²) in [6.45, 7) is 6.39. The van der Waals surface area contributed by atoms with E-state index in [-0.39, 0.29) is 12.5 Å². The summed E-state index contributed by atoms with van der Waals surface area (Å²) < 4.78 is 5.57. The van der Waals surface area contributed by atoms with Gasteiger partial charge in [0.1, 0.15) is 5.75 Å². The minimum Gasteiger partial charge on any atom is -0.483 e. The average Bonchev–Trinajstić information content (AvgIpc) is 2.44. The minimum absolute atomic E-state index is 0.0322. The van der Waals surface area contributed by atoms with E-state index < -0.39 is 0 Å². The molecule has 2 N–H and O–H groups in total. The number of benzene rings is 1. The van der Waals surface area contributed by atoms with Crippen LogP contribution in [0.25, 0.3) is 0 Å². The molecule has 1 amide bonds. The molecule has 4 nitrogen and oxygen atoms in total. The van der Waals surface area contributed by atoms with Crippen LogP contribution in [0.1, 0.15) is 32.3 Å². The van der Waals surface area contributed by atoms with Gasteiger partial charge < -0.3 is 15.4 Å². The Morgan fingerprint density at radius 2 is 2.15 bits per heavy atom. The smallest absolute Gasteiger partial charge is 0.257 e.